The van der Waals surface area contributed by atoms with Crippen molar-refractivity contribution >= 4 is 35.3 Å². The number of ether oxygens (including phenoxy) is 1. The standard InChI is InChI=1S/C30H25FN2O3S/c1-36-28-17-8-6-12-22(28)18-27(33-29(34)21-10-3-2-4-11-21)30(35)32-24-14-9-15-25(19-24)37-20-23-13-5-7-16-26(23)31/h2-19H,20H2,1H3,(H,32,35)(H,33,34)/b27-18+. The number of thioether (sulfide) groups is 1. The maximum Gasteiger partial charge on any atom is 0.272 e. The number of benzene rings is 4. The van der Waals surface area contributed by atoms with E-state index in [0.717, 1.165) is 4.90 Å². The molecule has 0 aliphatic carbocycles. The van der Waals surface area contributed by atoms with Crippen molar-refractivity contribution in [3.63, 3.8) is 0 Å². The summed E-state index contributed by atoms with van der Waals surface area (Å²) in [5.41, 5.74) is 2.27. The Hall–Kier alpha value is -4.36. The fourth-order valence-corrected chi connectivity index (χ4v) is 4.46. The van der Waals surface area contributed by atoms with Crippen LogP contribution in [0, 0.1) is 5.82 Å². The summed E-state index contributed by atoms with van der Waals surface area (Å²) in [6.45, 7) is 0. The van der Waals surface area contributed by atoms with Crippen molar-refractivity contribution < 1.29 is 18.7 Å². The number of hydrogen-bond donors (Lipinski definition) is 2. The van der Waals surface area contributed by atoms with E-state index in [1.165, 1.54) is 17.8 Å². The Morgan fingerprint density at radius 3 is 2.41 bits per heavy atom. The van der Waals surface area contributed by atoms with Crippen molar-refractivity contribution in [3.05, 3.63) is 131 Å². The molecule has 0 saturated carbocycles. The second kappa shape index (κ2) is 12.6. The Kier molecular flexibility index (Phi) is 8.73. The third kappa shape index (κ3) is 7.08. The Morgan fingerprint density at radius 2 is 1.62 bits per heavy atom. The van der Waals surface area contributed by atoms with Crippen LogP contribution in [0.4, 0.5) is 10.1 Å². The Bertz CT molecular complexity index is 1420. The molecule has 0 aliphatic heterocycles. The molecular weight excluding hydrogens is 487 g/mol. The predicted octanol–water partition coefficient (Wildman–Crippen LogP) is 6.54. The molecule has 2 N–H and O–H groups in total. The summed E-state index contributed by atoms with van der Waals surface area (Å²) in [5, 5.41) is 5.58. The molecule has 2 amide bonds. The predicted molar refractivity (Wildman–Crippen MR) is 146 cm³/mol. The highest BCUT2D eigenvalue weighted by Crippen LogP contribution is 2.27. The number of nitrogens with one attached hydrogen (secondary N) is 2. The van der Waals surface area contributed by atoms with Gasteiger partial charge in [-0.1, -0.05) is 60.7 Å². The summed E-state index contributed by atoms with van der Waals surface area (Å²) >= 11 is 1.46. The SMILES string of the molecule is COc1ccccc1/C=C(/NC(=O)c1ccccc1)C(=O)Nc1cccc(SCc2ccccc2F)c1. The third-order valence-corrected chi connectivity index (χ3v) is 6.45. The van der Waals surface area contributed by atoms with Crippen molar-refractivity contribution in [2.45, 2.75) is 10.6 Å². The van der Waals surface area contributed by atoms with Gasteiger partial charge in [0.05, 0.1) is 7.11 Å². The molecule has 0 unspecified atom stereocenters. The minimum absolute atomic E-state index is 0.0581. The van der Waals surface area contributed by atoms with Gasteiger partial charge >= 0.3 is 0 Å². The van der Waals surface area contributed by atoms with Crippen LogP contribution in [-0.2, 0) is 10.5 Å². The molecule has 0 spiro atoms. The third-order valence-electron chi connectivity index (χ3n) is 5.41. The summed E-state index contributed by atoms with van der Waals surface area (Å²) < 4.78 is 19.4. The number of rotatable bonds is 9. The van der Waals surface area contributed by atoms with Gasteiger partial charge in [0.1, 0.15) is 17.3 Å². The average Bonchev–Trinajstić information content (AvgIpc) is 2.93. The van der Waals surface area contributed by atoms with Gasteiger partial charge in [-0.3, -0.25) is 9.59 Å². The van der Waals surface area contributed by atoms with E-state index in [0.29, 0.717) is 33.9 Å². The molecule has 186 valence electrons. The molecular formula is C30H25FN2O3S. The van der Waals surface area contributed by atoms with Crippen LogP contribution in [0.25, 0.3) is 6.08 Å². The molecule has 0 bridgehead atoms. The highest BCUT2D eigenvalue weighted by molar-refractivity contribution is 7.98. The van der Waals surface area contributed by atoms with Crippen LogP contribution < -0.4 is 15.4 Å². The zero-order valence-corrected chi connectivity index (χ0v) is 20.9. The fraction of sp³-hybridized carbons (Fsp3) is 0.0667. The summed E-state index contributed by atoms with van der Waals surface area (Å²) in [7, 11) is 1.54. The quantitative estimate of drug-likeness (QED) is 0.198. The van der Waals surface area contributed by atoms with Crippen LogP contribution in [0.15, 0.2) is 114 Å². The number of anilines is 1. The first kappa shape index (κ1) is 25.7. The van der Waals surface area contributed by atoms with Crippen molar-refractivity contribution in [1.29, 1.82) is 0 Å². The number of carbonyl (C=O) groups is 2. The smallest absolute Gasteiger partial charge is 0.272 e. The van der Waals surface area contributed by atoms with Gasteiger partial charge in [0, 0.05) is 27.5 Å². The number of halogens is 1. The van der Waals surface area contributed by atoms with Gasteiger partial charge in [-0.15, -0.1) is 11.8 Å². The summed E-state index contributed by atoms with van der Waals surface area (Å²) in [6.07, 6.45) is 1.58. The van der Waals surface area contributed by atoms with E-state index >= 15 is 0 Å². The number of hydrogen-bond acceptors (Lipinski definition) is 4. The van der Waals surface area contributed by atoms with Crippen LogP contribution in [0.1, 0.15) is 21.5 Å². The maximum atomic E-state index is 14.0. The van der Waals surface area contributed by atoms with Gasteiger partial charge in [0.2, 0.25) is 0 Å². The normalized spacial score (nSPS) is 11.0. The zero-order valence-electron chi connectivity index (χ0n) is 20.1. The van der Waals surface area contributed by atoms with Crippen LogP contribution in [-0.4, -0.2) is 18.9 Å². The monoisotopic (exact) mass is 512 g/mol. The number of para-hydroxylation sites is 1. The van der Waals surface area contributed by atoms with Gasteiger partial charge in [-0.05, 0) is 54.1 Å². The first-order valence-corrected chi connectivity index (χ1v) is 12.5. The Balaban J connectivity index is 1.55. The van der Waals surface area contributed by atoms with Crippen LogP contribution >= 0.6 is 11.8 Å². The van der Waals surface area contributed by atoms with Gasteiger partial charge < -0.3 is 15.4 Å². The molecule has 0 atom stereocenters. The molecule has 0 saturated heterocycles. The number of carbonyl (C=O) groups excluding carboxylic acids is 2. The highest BCUT2D eigenvalue weighted by Gasteiger charge is 2.16. The molecule has 4 rings (SSSR count). The first-order valence-electron chi connectivity index (χ1n) is 11.5. The lowest BCUT2D eigenvalue weighted by atomic mass is 10.1. The zero-order chi connectivity index (χ0) is 26.0. The molecule has 4 aromatic rings. The lowest BCUT2D eigenvalue weighted by Crippen LogP contribution is -2.30. The molecule has 4 aromatic carbocycles. The summed E-state index contributed by atoms with van der Waals surface area (Å²) in [4.78, 5) is 27.1. The molecule has 0 aliphatic rings. The Morgan fingerprint density at radius 1 is 0.892 bits per heavy atom. The van der Waals surface area contributed by atoms with Crippen molar-refractivity contribution in [1.82, 2.24) is 5.32 Å². The molecule has 7 heteroatoms. The van der Waals surface area contributed by atoms with Crippen LogP contribution in [0.3, 0.4) is 0 Å². The van der Waals surface area contributed by atoms with Crippen molar-refractivity contribution in [2.75, 3.05) is 12.4 Å². The lowest BCUT2D eigenvalue weighted by Gasteiger charge is -2.13. The minimum Gasteiger partial charge on any atom is -0.496 e. The molecule has 0 radical (unpaired) electrons. The average molecular weight is 513 g/mol. The van der Waals surface area contributed by atoms with Crippen molar-refractivity contribution in [2.24, 2.45) is 0 Å². The van der Waals surface area contributed by atoms with Crippen molar-refractivity contribution in [3.8, 4) is 5.75 Å². The number of methoxy groups -OCH3 is 1. The Labute approximate surface area is 219 Å². The topological polar surface area (TPSA) is 67.4 Å². The molecule has 5 nitrogen and oxygen atoms in total. The largest absolute Gasteiger partial charge is 0.496 e. The molecule has 0 heterocycles. The second-order valence-electron chi connectivity index (χ2n) is 7.98. The number of amides is 2. The van der Waals surface area contributed by atoms with Gasteiger partial charge in [-0.25, -0.2) is 4.39 Å². The highest BCUT2D eigenvalue weighted by atomic mass is 32.2. The van der Waals surface area contributed by atoms with E-state index in [4.69, 9.17) is 4.74 Å². The van der Waals surface area contributed by atoms with Gasteiger partial charge in [0.25, 0.3) is 11.8 Å². The second-order valence-corrected chi connectivity index (χ2v) is 9.03. The molecule has 0 aromatic heterocycles. The molecule has 0 fully saturated rings. The van der Waals surface area contributed by atoms with E-state index in [2.05, 4.69) is 10.6 Å². The summed E-state index contributed by atoms with van der Waals surface area (Å²) in [6, 6.07) is 29.8. The summed E-state index contributed by atoms with van der Waals surface area (Å²) in [5.74, 6) is -0.138. The van der Waals surface area contributed by atoms with Gasteiger partial charge in [0.15, 0.2) is 0 Å². The van der Waals surface area contributed by atoms with Crippen LogP contribution in [0.2, 0.25) is 0 Å². The minimum atomic E-state index is -0.494. The van der Waals surface area contributed by atoms with E-state index in [9.17, 15) is 14.0 Å². The first-order chi connectivity index (χ1) is 18.0. The fourth-order valence-electron chi connectivity index (χ4n) is 3.52. The van der Waals surface area contributed by atoms with E-state index in [1.807, 2.05) is 36.4 Å². The van der Waals surface area contributed by atoms with E-state index < -0.39 is 11.8 Å². The van der Waals surface area contributed by atoms with E-state index in [1.54, 1.807) is 73.8 Å². The lowest BCUT2D eigenvalue weighted by molar-refractivity contribution is -0.113. The van der Waals surface area contributed by atoms with E-state index in [-0.39, 0.29) is 11.5 Å². The van der Waals surface area contributed by atoms with Crippen LogP contribution in [0.5, 0.6) is 5.75 Å². The van der Waals surface area contributed by atoms with Gasteiger partial charge in [-0.2, -0.15) is 0 Å². The maximum absolute atomic E-state index is 14.0. The molecule has 37 heavy (non-hydrogen) atoms.